The minimum Gasteiger partial charge on any atom is -0.382 e. The number of para-hydroxylation sites is 1. The third-order valence-corrected chi connectivity index (χ3v) is 2.91. The summed E-state index contributed by atoms with van der Waals surface area (Å²) in [4.78, 5) is 8.26. The molecular formula is C14H18N4. The van der Waals surface area contributed by atoms with Crippen LogP contribution < -0.4 is 11.1 Å². The van der Waals surface area contributed by atoms with Crippen molar-refractivity contribution in [2.75, 3.05) is 11.1 Å². The third kappa shape index (κ3) is 2.59. The predicted octanol–water partition coefficient (Wildman–Crippen LogP) is 2.93. The Bertz CT molecular complexity index is 515. The van der Waals surface area contributed by atoms with Crippen LogP contribution in [0.5, 0.6) is 0 Å². The van der Waals surface area contributed by atoms with Crippen molar-refractivity contribution in [3.63, 3.8) is 0 Å². The van der Waals surface area contributed by atoms with E-state index in [1.807, 2.05) is 0 Å². The van der Waals surface area contributed by atoms with Crippen molar-refractivity contribution in [2.45, 2.75) is 26.7 Å². The summed E-state index contributed by atoms with van der Waals surface area (Å²) in [6.45, 7) is 4.29. The molecule has 0 aliphatic rings. The molecule has 0 amide bonds. The fraction of sp³-hybridized carbons (Fsp3) is 0.286. The summed E-state index contributed by atoms with van der Waals surface area (Å²) < 4.78 is 0. The van der Waals surface area contributed by atoms with Gasteiger partial charge in [-0.25, -0.2) is 4.98 Å². The van der Waals surface area contributed by atoms with Gasteiger partial charge in [0, 0.05) is 5.69 Å². The molecule has 0 bridgehead atoms. The molecular weight excluding hydrogens is 224 g/mol. The second-order valence-electron chi connectivity index (χ2n) is 4.11. The van der Waals surface area contributed by atoms with Gasteiger partial charge in [-0.2, -0.15) is 0 Å². The first-order chi connectivity index (χ1) is 8.74. The molecule has 0 aliphatic heterocycles. The van der Waals surface area contributed by atoms with Gasteiger partial charge in [0.2, 0.25) is 0 Å². The number of rotatable bonds is 4. The quantitative estimate of drug-likeness (QED) is 0.865. The van der Waals surface area contributed by atoms with Crippen LogP contribution in [-0.2, 0) is 12.8 Å². The van der Waals surface area contributed by atoms with Gasteiger partial charge in [-0.15, -0.1) is 0 Å². The molecule has 0 spiro atoms. The Morgan fingerprint density at radius 2 is 1.78 bits per heavy atom. The predicted molar refractivity (Wildman–Crippen MR) is 74.9 cm³/mol. The van der Waals surface area contributed by atoms with E-state index in [9.17, 15) is 0 Å². The summed E-state index contributed by atoms with van der Waals surface area (Å²) in [5, 5.41) is 3.33. The summed E-state index contributed by atoms with van der Waals surface area (Å²) >= 11 is 0. The van der Waals surface area contributed by atoms with Crippen LogP contribution in [0.3, 0.4) is 0 Å². The standard InChI is InChI=1S/C14H18N4/c1-3-10-6-5-7-11(4-2)14(10)18-13-9-16-8-12(15)17-13/h5-9H,3-4H2,1-2H3,(H3,15,17,18). The van der Waals surface area contributed by atoms with Crippen LogP contribution in [0.2, 0.25) is 0 Å². The zero-order chi connectivity index (χ0) is 13.0. The molecule has 4 nitrogen and oxygen atoms in total. The Kier molecular flexibility index (Phi) is 3.77. The van der Waals surface area contributed by atoms with Crippen LogP contribution in [0.25, 0.3) is 0 Å². The lowest BCUT2D eigenvalue weighted by Gasteiger charge is -2.14. The van der Waals surface area contributed by atoms with Gasteiger partial charge in [0.15, 0.2) is 5.82 Å². The zero-order valence-electron chi connectivity index (χ0n) is 10.8. The molecule has 0 atom stereocenters. The van der Waals surface area contributed by atoms with E-state index in [4.69, 9.17) is 5.73 Å². The minimum absolute atomic E-state index is 0.423. The molecule has 3 N–H and O–H groups in total. The molecule has 1 aromatic carbocycles. The largest absolute Gasteiger partial charge is 0.382 e. The van der Waals surface area contributed by atoms with E-state index in [0.717, 1.165) is 18.5 Å². The van der Waals surface area contributed by atoms with Gasteiger partial charge >= 0.3 is 0 Å². The molecule has 18 heavy (non-hydrogen) atoms. The summed E-state index contributed by atoms with van der Waals surface area (Å²) in [5.41, 5.74) is 9.32. The maximum absolute atomic E-state index is 5.64. The van der Waals surface area contributed by atoms with Crippen LogP contribution >= 0.6 is 0 Å². The molecule has 0 aliphatic carbocycles. The van der Waals surface area contributed by atoms with E-state index in [2.05, 4.69) is 47.3 Å². The maximum atomic E-state index is 5.64. The Labute approximate surface area is 107 Å². The summed E-state index contributed by atoms with van der Waals surface area (Å²) in [7, 11) is 0. The van der Waals surface area contributed by atoms with Crippen molar-refractivity contribution in [3.05, 3.63) is 41.7 Å². The minimum atomic E-state index is 0.423. The third-order valence-electron chi connectivity index (χ3n) is 2.91. The molecule has 94 valence electrons. The smallest absolute Gasteiger partial charge is 0.151 e. The van der Waals surface area contributed by atoms with Crippen molar-refractivity contribution in [1.29, 1.82) is 0 Å². The molecule has 2 aromatic rings. The van der Waals surface area contributed by atoms with Crippen molar-refractivity contribution in [2.24, 2.45) is 0 Å². The molecule has 0 radical (unpaired) electrons. The Morgan fingerprint density at radius 1 is 1.11 bits per heavy atom. The molecule has 2 rings (SSSR count). The van der Waals surface area contributed by atoms with Gasteiger partial charge in [0.05, 0.1) is 12.4 Å². The lowest BCUT2D eigenvalue weighted by atomic mass is 10.0. The van der Waals surface area contributed by atoms with Crippen molar-refractivity contribution in [3.8, 4) is 0 Å². The normalized spacial score (nSPS) is 10.3. The number of nitrogens with one attached hydrogen (secondary N) is 1. The summed E-state index contributed by atoms with van der Waals surface area (Å²) in [6, 6.07) is 6.34. The van der Waals surface area contributed by atoms with Gasteiger partial charge in [0.1, 0.15) is 5.82 Å². The van der Waals surface area contributed by atoms with E-state index in [-0.39, 0.29) is 0 Å². The first kappa shape index (κ1) is 12.4. The first-order valence-electron chi connectivity index (χ1n) is 6.19. The number of nitrogens with two attached hydrogens (primary N) is 1. The number of nitrogens with zero attached hydrogens (tertiary/aromatic N) is 2. The number of benzene rings is 1. The van der Waals surface area contributed by atoms with Crippen LogP contribution in [-0.4, -0.2) is 9.97 Å². The number of hydrogen-bond acceptors (Lipinski definition) is 4. The fourth-order valence-electron chi connectivity index (χ4n) is 1.97. The highest BCUT2D eigenvalue weighted by Crippen LogP contribution is 2.25. The molecule has 0 unspecified atom stereocenters. The van der Waals surface area contributed by atoms with Crippen molar-refractivity contribution >= 4 is 17.3 Å². The number of nitrogen functional groups attached to an aromatic ring is 1. The van der Waals surface area contributed by atoms with E-state index in [1.165, 1.54) is 17.3 Å². The highest BCUT2D eigenvalue weighted by Gasteiger charge is 2.07. The number of aromatic nitrogens is 2. The summed E-state index contributed by atoms with van der Waals surface area (Å²) in [6.07, 6.45) is 5.18. The second kappa shape index (κ2) is 5.49. The number of aryl methyl sites for hydroxylation is 2. The van der Waals surface area contributed by atoms with Crippen LogP contribution in [0.4, 0.5) is 17.3 Å². The van der Waals surface area contributed by atoms with Crippen LogP contribution in [0, 0.1) is 0 Å². The molecule has 1 heterocycles. The van der Waals surface area contributed by atoms with Gasteiger partial charge < -0.3 is 11.1 Å². The van der Waals surface area contributed by atoms with E-state index in [0.29, 0.717) is 11.6 Å². The van der Waals surface area contributed by atoms with Gasteiger partial charge in [-0.3, -0.25) is 4.98 Å². The SMILES string of the molecule is CCc1cccc(CC)c1Nc1cncc(N)n1. The van der Waals surface area contributed by atoms with Gasteiger partial charge in [-0.05, 0) is 24.0 Å². The van der Waals surface area contributed by atoms with Crippen LogP contribution in [0.15, 0.2) is 30.6 Å². The average Bonchev–Trinajstić information content (AvgIpc) is 2.39. The lowest BCUT2D eigenvalue weighted by molar-refractivity contribution is 1.08. The average molecular weight is 242 g/mol. The van der Waals surface area contributed by atoms with Crippen molar-refractivity contribution in [1.82, 2.24) is 9.97 Å². The van der Waals surface area contributed by atoms with Gasteiger partial charge in [0.25, 0.3) is 0 Å². The van der Waals surface area contributed by atoms with E-state index in [1.54, 1.807) is 6.20 Å². The van der Waals surface area contributed by atoms with E-state index >= 15 is 0 Å². The first-order valence-corrected chi connectivity index (χ1v) is 6.19. The highest BCUT2D eigenvalue weighted by molar-refractivity contribution is 5.65. The Morgan fingerprint density at radius 3 is 2.33 bits per heavy atom. The zero-order valence-corrected chi connectivity index (χ0v) is 10.8. The highest BCUT2D eigenvalue weighted by atomic mass is 15.0. The molecule has 0 saturated carbocycles. The summed E-state index contributed by atoms with van der Waals surface area (Å²) in [5.74, 6) is 1.11. The molecule has 1 aromatic heterocycles. The van der Waals surface area contributed by atoms with Crippen LogP contribution in [0.1, 0.15) is 25.0 Å². The topological polar surface area (TPSA) is 63.8 Å². The molecule has 0 saturated heterocycles. The molecule has 0 fully saturated rings. The second-order valence-corrected chi connectivity index (χ2v) is 4.11. The number of anilines is 3. The maximum Gasteiger partial charge on any atom is 0.151 e. The van der Waals surface area contributed by atoms with Gasteiger partial charge in [-0.1, -0.05) is 32.0 Å². The monoisotopic (exact) mass is 242 g/mol. The Hall–Kier alpha value is -2.10. The lowest BCUT2D eigenvalue weighted by Crippen LogP contribution is -2.03. The molecule has 4 heteroatoms. The van der Waals surface area contributed by atoms with Crippen molar-refractivity contribution < 1.29 is 0 Å². The Balaban J connectivity index is 2.38. The van der Waals surface area contributed by atoms with E-state index < -0.39 is 0 Å². The number of hydrogen-bond donors (Lipinski definition) is 2. The fourth-order valence-corrected chi connectivity index (χ4v) is 1.97.